The SMILES string of the molecule is O=C(Cc1c2c(cc3c1OCC3)OCC2)NCc1ccccc1Cl. The minimum absolute atomic E-state index is 0.0343. The summed E-state index contributed by atoms with van der Waals surface area (Å²) in [5, 5.41) is 3.61. The van der Waals surface area contributed by atoms with E-state index in [2.05, 4.69) is 11.4 Å². The molecule has 4 nitrogen and oxygen atoms in total. The zero-order chi connectivity index (χ0) is 16.5. The van der Waals surface area contributed by atoms with E-state index in [1.807, 2.05) is 24.3 Å². The van der Waals surface area contributed by atoms with Crippen molar-refractivity contribution in [2.75, 3.05) is 13.2 Å². The average Bonchev–Trinajstić information content (AvgIpc) is 3.22. The van der Waals surface area contributed by atoms with Crippen LogP contribution < -0.4 is 14.8 Å². The maximum atomic E-state index is 12.4. The monoisotopic (exact) mass is 343 g/mol. The fraction of sp³-hybridized carbons (Fsp3) is 0.316. The third-order valence-corrected chi connectivity index (χ3v) is 4.90. The number of fused-ring (bicyclic) bond motifs is 2. The minimum Gasteiger partial charge on any atom is -0.493 e. The molecule has 2 aromatic rings. The predicted octanol–water partition coefficient (Wildman–Crippen LogP) is 3.07. The van der Waals surface area contributed by atoms with Gasteiger partial charge in [0.1, 0.15) is 11.5 Å². The van der Waals surface area contributed by atoms with Gasteiger partial charge in [-0.3, -0.25) is 4.79 Å². The minimum atomic E-state index is -0.0343. The lowest BCUT2D eigenvalue weighted by Crippen LogP contribution is -2.25. The Kier molecular flexibility index (Phi) is 4.07. The number of halogens is 1. The summed E-state index contributed by atoms with van der Waals surface area (Å²) >= 11 is 6.13. The van der Waals surface area contributed by atoms with Crippen LogP contribution in [0.25, 0.3) is 0 Å². The van der Waals surface area contributed by atoms with Crippen molar-refractivity contribution in [1.29, 1.82) is 0 Å². The summed E-state index contributed by atoms with van der Waals surface area (Å²) in [4.78, 5) is 12.4. The maximum Gasteiger partial charge on any atom is 0.224 e. The lowest BCUT2D eigenvalue weighted by Gasteiger charge is -2.13. The second-order valence-corrected chi connectivity index (χ2v) is 6.47. The van der Waals surface area contributed by atoms with Crippen LogP contribution in [0.1, 0.15) is 22.3 Å². The lowest BCUT2D eigenvalue weighted by molar-refractivity contribution is -0.120. The molecule has 1 amide bonds. The molecule has 1 N–H and O–H groups in total. The Morgan fingerprint density at radius 2 is 2.00 bits per heavy atom. The number of benzene rings is 2. The van der Waals surface area contributed by atoms with Crippen LogP contribution in [0.15, 0.2) is 30.3 Å². The largest absolute Gasteiger partial charge is 0.493 e. The number of nitrogens with one attached hydrogen (secondary N) is 1. The molecule has 0 spiro atoms. The Hall–Kier alpha value is -2.20. The van der Waals surface area contributed by atoms with Gasteiger partial charge in [0.25, 0.3) is 0 Å². The third-order valence-electron chi connectivity index (χ3n) is 4.53. The Morgan fingerprint density at radius 1 is 1.17 bits per heavy atom. The number of hydrogen-bond acceptors (Lipinski definition) is 3. The summed E-state index contributed by atoms with van der Waals surface area (Å²) < 4.78 is 11.5. The molecule has 2 aliphatic rings. The molecule has 2 aromatic carbocycles. The molecule has 0 unspecified atom stereocenters. The van der Waals surface area contributed by atoms with Crippen molar-refractivity contribution in [3.05, 3.63) is 57.6 Å². The van der Waals surface area contributed by atoms with Gasteiger partial charge in [-0.05, 0) is 17.7 Å². The fourth-order valence-electron chi connectivity index (χ4n) is 3.33. The zero-order valence-corrected chi connectivity index (χ0v) is 14.0. The van der Waals surface area contributed by atoms with Gasteiger partial charge in [0.05, 0.1) is 19.6 Å². The van der Waals surface area contributed by atoms with E-state index < -0.39 is 0 Å². The first-order valence-corrected chi connectivity index (χ1v) is 8.53. The van der Waals surface area contributed by atoms with E-state index in [0.717, 1.165) is 46.6 Å². The lowest BCUT2D eigenvalue weighted by atomic mass is 9.97. The molecule has 0 radical (unpaired) electrons. The van der Waals surface area contributed by atoms with Crippen LogP contribution in [-0.4, -0.2) is 19.1 Å². The first-order chi connectivity index (χ1) is 11.7. The van der Waals surface area contributed by atoms with Crippen molar-refractivity contribution < 1.29 is 14.3 Å². The van der Waals surface area contributed by atoms with Crippen LogP contribution in [-0.2, 0) is 30.6 Å². The van der Waals surface area contributed by atoms with E-state index in [4.69, 9.17) is 21.1 Å². The van der Waals surface area contributed by atoms with E-state index >= 15 is 0 Å². The van der Waals surface area contributed by atoms with Gasteiger partial charge < -0.3 is 14.8 Å². The summed E-state index contributed by atoms with van der Waals surface area (Å²) in [5.74, 6) is 1.76. The summed E-state index contributed by atoms with van der Waals surface area (Å²) in [5.41, 5.74) is 4.15. The van der Waals surface area contributed by atoms with Gasteiger partial charge in [-0.2, -0.15) is 0 Å². The van der Waals surface area contributed by atoms with Crippen molar-refractivity contribution in [3.63, 3.8) is 0 Å². The van der Waals surface area contributed by atoms with Crippen LogP contribution in [0.2, 0.25) is 5.02 Å². The van der Waals surface area contributed by atoms with Crippen LogP contribution in [0.5, 0.6) is 11.5 Å². The Morgan fingerprint density at radius 3 is 2.88 bits per heavy atom. The van der Waals surface area contributed by atoms with Gasteiger partial charge in [0.2, 0.25) is 5.91 Å². The molecule has 0 bridgehead atoms. The number of carbonyl (C=O) groups excluding carboxylic acids is 1. The van der Waals surface area contributed by atoms with E-state index in [-0.39, 0.29) is 5.91 Å². The standard InChI is InChI=1S/C19H18ClNO3/c20-16-4-2-1-3-13(16)11-21-18(22)10-15-14-6-8-23-17(14)9-12-5-7-24-19(12)15/h1-4,9H,5-8,10-11H2,(H,21,22). The van der Waals surface area contributed by atoms with Gasteiger partial charge in [-0.25, -0.2) is 0 Å². The highest BCUT2D eigenvalue weighted by Crippen LogP contribution is 2.40. The predicted molar refractivity (Wildman–Crippen MR) is 91.8 cm³/mol. The topological polar surface area (TPSA) is 47.6 Å². The Balaban J connectivity index is 1.51. The van der Waals surface area contributed by atoms with E-state index in [9.17, 15) is 4.79 Å². The molecule has 4 rings (SSSR count). The molecule has 2 heterocycles. The highest BCUT2D eigenvalue weighted by atomic mass is 35.5. The molecule has 0 atom stereocenters. The van der Waals surface area contributed by atoms with Gasteiger partial charge >= 0.3 is 0 Å². The van der Waals surface area contributed by atoms with Gasteiger partial charge in [-0.1, -0.05) is 29.8 Å². The second kappa shape index (κ2) is 6.36. The summed E-state index contributed by atoms with van der Waals surface area (Å²) in [6.07, 6.45) is 2.01. The van der Waals surface area contributed by atoms with Crippen molar-refractivity contribution in [2.24, 2.45) is 0 Å². The number of amides is 1. The van der Waals surface area contributed by atoms with Gasteiger partial charge in [0, 0.05) is 41.1 Å². The van der Waals surface area contributed by atoms with Crippen molar-refractivity contribution in [2.45, 2.75) is 25.8 Å². The molecule has 0 aromatic heterocycles. The number of carbonyl (C=O) groups is 1. The van der Waals surface area contributed by atoms with Gasteiger partial charge in [-0.15, -0.1) is 0 Å². The molecular weight excluding hydrogens is 326 g/mol. The highest BCUT2D eigenvalue weighted by molar-refractivity contribution is 6.31. The van der Waals surface area contributed by atoms with E-state index in [1.165, 1.54) is 0 Å². The first-order valence-electron chi connectivity index (χ1n) is 8.15. The van der Waals surface area contributed by atoms with E-state index in [1.54, 1.807) is 0 Å². The summed E-state index contributed by atoms with van der Waals surface area (Å²) in [7, 11) is 0. The smallest absolute Gasteiger partial charge is 0.224 e. The van der Waals surface area contributed by atoms with Crippen molar-refractivity contribution >= 4 is 17.5 Å². The Bertz CT molecular complexity index is 771. The van der Waals surface area contributed by atoms with Crippen LogP contribution in [0.4, 0.5) is 0 Å². The van der Waals surface area contributed by atoms with Gasteiger partial charge in [0.15, 0.2) is 0 Å². The molecule has 124 valence electrons. The average molecular weight is 344 g/mol. The van der Waals surface area contributed by atoms with Crippen molar-refractivity contribution in [1.82, 2.24) is 5.32 Å². The molecule has 0 saturated heterocycles. The summed E-state index contributed by atoms with van der Waals surface area (Å²) in [6, 6.07) is 9.59. The number of hydrogen-bond donors (Lipinski definition) is 1. The van der Waals surface area contributed by atoms with Crippen LogP contribution in [0.3, 0.4) is 0 Å². The Labute approximate surface area is 145 Å². The normalized spacial score (nSPS) is 14.5. The number of ether oxygens (including phenoxy) is 2. The molecule has 24 heavy (non-hydrogen) atoms. The zero-order valence-electron chi connectivity index (χ0n) is 13.2. The highest BCUT2D eigenvalue weighted by Gasteiger charge is 2.27. The van der Waals surface area contributed by atoms with Crippen molar-refractivity contribution in [3.8, 4) is 11.5 Å². The first kappa shape index (κ1) is 15.3. The molecule has 0 fully saturated rings. The van der Waals surface area contributed by atoms with E-state index in [0.29, 0.717) is 31.2 Å². The molecule has 0 saturated carbocycles. The third kappa shape index (κ3) is 2.82. The number of rotatable bonds is 4. The maximum absolute atomic E-state index is 12.4. The molecular formula is C19H18ClNO3. The fourth-order valence-corrected chi connectivity index (χ4v) is 3.53. The van der Waals surface area contributed by atoms with Crippen LogP contribution in [0, 0.1) is 0 Å². The second-order valence-electron chi connectivity index (χ2n) is 6.06. The molecule has 0 aliphatic carbocycles. The quantitative estimate of drug-likeness (QED) is 0.928. The molecule has 5 heteroatoms. The molecule has 2 aliphatic heterocycles. The van der Waals surface area contributed by atoms with Crippen LogP contribution >= 0.6 is 11.6 Å². The summed E-state index contributed by atoms with van der Waals surface area (Å²) in [6.45, 7) is 1.77.